The molecule has 0 aromatic heterocycles. The van der Waals surface area contributed by atoms with Crippen LogP contribution in [0.4, 0.5) is 9.59 Å². The van der Waals surface area contributed by atoms with Crippen molar-refractivity contribution in [1.29, 1.82) is 0 Å². The molecule has 9 heteroatoms. The second-order valence-corrected chi connectivity index (χ2v) is 7.16. The number of amides is 3. The van der Waals surface area contributed by atoms with E-state index in [1.807, 2.05) is 6.92 Å². The molecule has 1 fully saturated rings. The maximum absolute atomic E-state index is 12.5. The second kappa shape index (κ2) is 10.2. The van der Waals surface area contributed by atoms with Gasteiger partial charge in [-0.3, -0.25) is 4.79 Å². The molecule has 0 radical (unpaired) electrons. The largest absolute Gasteiger partial charge is 0.449 e. The summed E-state index contributed by atoms with van der Waals surface area (Å²) in [4.78, 5) is 39.2. The number of carbonyl (C=O) groups excluding carboxylic acids is 3. The first kappa shape index (κ1) is 22.0. The monoisotopic (exact) mass is 373 g/mol. The Kier molecular flexibility index (Phi) is 8.64. The van der Waals surface area contributed by atoms with Crippen LogP contribution in [-0.2, 0) is 14.3 Å². The summed E-state index contributed by atoms with van der Waals surface area (Å²) in [6.45, 7) is 8.33. The van der Waals surface area contributed by atoms with Crippen LogP contribution in [0.25, 0.3) is 0 Å². The number of aliphatic hydroxyl groups excluding tert-OH is 1. The minimum Gasteiger partial charge on any atom is -0.449 e. The Labute approximate surface area is 154 Å². The summed E-state index contributed by atoms with van der Waals surface area (Å²) in [5.74, 6) is -0.405. The minimum absolute atomic E-state index is 0.314. The maximum atomic E-state index is 12.5. The fourth-order valence-corrected chi connectivity index (χ4v) is 2.36. The van der Waals surface area contributed by atoms with Gasteiger partial charge in [0.2, 0.25) is 5.91 Å². The van der Waals surface area contributed by atoms with E-state index in [0.717, 1.165) is 12.8 Å². The number of ether oxygens (including phenoxy) is 2. The number of nitrogens with zero attached hydrogens (tertiary/aromatic N) is 2. The first-order valence-corrected chi connectivity index (χ1v) is 8.98. The lowest BCUT2D eigenvalue weighted by Crippen LogP contribution is -2.57. The number of piperazine rings is 1. The summed E-state index contributed by atoms with van der Waals surface area (Å²) in [6, 6.07) is -1.08. The van der Waals surface area contributed by atoms with E-state index < -0.39 is 30.3 Å². The van der Waals surface area contributed by atoms with Crippen LogP contribution >= 0.6 is 0 Å². The lowest BCUT2D eigenvalue weighted by Gasteiger charge is -2.35. The molecule has 9 nitrogen and oxygen atoms in total. The van der Waals surface area contributed by atoms with Gasteiger partial charge in [-0.15, -0.1) is 0 Å². The van der Waals surface area contributed by atoms with Gasteiger partial charge >= 0.3 is 12.2 Å². The lowest BCUT2D eigenvalue weighted by atomic mass is 10.2. The average Bonchev–Trinajstić information content (AvgIpc) is 2.57. The molecule has 1 aliphatic heterocycles. The molecule has 1 rings (SSSR count). The van der Waals surface area contributed by atoms with Crippen molar-refractivity contribution in [3.63, 3.8) is 0 Å². The van der Waals surface area contributed by atoms with Crippen LogP contribution in [0.3, 0.4) is 0 Å². The van der Waals surface area contributed by atoms with E-state index in [4.69, 9.17) is 9.47 Å². The second-order valence-electron chi connectivity index (χ2n) is 7.16. The van der Waals surface area contributed by atoms with Crippen molar-refractivity contribution >= 4 is 18.1 Å². The van der Waals surface area contributed by atoms with Crippen LogP contribution in [0.5, 0.6) is 0 Å². The normalized spacial score (nSPS) is 16.0. The average molecular weight is 373 g/mol. The highest BCUT2D eigenvalue weighted by molar-refractivity contribution is 5.86. The molecule has 150 valence electrons. The van der Waals surface area contributed by atoms with E-state index in [1.54, 1.807) is 25.7 Å². The fourth-order valence-electron chi connectivity index (χ4n) is 2.36. The number of alkyl carbamates (subject to hydrolysis) is 1. The number of unbranched alkanes of at least 4 members (excludes halogenated alkanes) is 1. The third-order valence-electron chi connectivity index (χ3n) is 3.74. The van der Waals surface area contributed by atoms with Gasteiger partial charge in [-0.1, -0.05) is 13.3 Å². The van der Waals surface area contributed by atoms with Crippen LogP contribution in [0.15, 0.2) is 0 Å². The van der Waals surface area contributed by atoms with Gasteiger partial charge in [0.05, 0.1) is 13.2 Å². The zero-order valence-corrected chi connectivity index (χ0v) is 16.1. The Morgan fingerprint density at radius 3 is 2.19 bits per heavy atom. The van der Waals surface area contributed by atoms with E-state index in [9.17, 15) is 19.5 Å². The predicted molar refractivity (Wildman–Crippen MR) is 94.7 cm³/mol. The van der Waals surface area contributed by atoms with Gasteiger partial charge in [-0.05, 0) is 27.2 Å². The number of nitrogens with one attached hydrogen (secondary N) is 1. The molecule has 0 aromatic carbocycles. The van der Waals surface area contributed by atoms with Crippen LogP contribution in [0, 0.1) is 0 Å². The standard InChI is InChI=1S/C17H31N3O6/c1-5-6-11-25-16(24)20-9-7-19(8-10-20)14(22)13(12-21)18-15(23)26-17(2,3)4/h13,21H,5-12H2,1-4H3,(H,18,23). The maximum Gasteiger partial charge on any atom is 0.409 e. The highest BCUT2D eigenvalue weighted by Crippen LogP contribution is 2.09. The van der Waals surface area contributed by atoms with E-state index in [1.165, 1.54) is 4.90 Å². The molecule has 0 saturated carbocycles. The van der Waals surface area contributed by atoms with Crippen LogP contribution < -0.4 is 5.32 Å². The van der Waals surface area contributed by atoms with Crippen molar-refractivity contribution in [2.45, 2.75) is 52.2 Å². The summed E-state index contributed by atoms with van der Waals surface area (Å²) < 4.78 is 10.3. The van der Waals surface area contributed by atoms with Gasteiger partial charge in [0.15, 0.2) is 0 Å². The lowest BCUT2D eigenvalue weighted by molar-refractivity contribution is -0.136. The molecular formula is C17H31N3O6. The van der Waals surface area contributed by atoms with Crippen molar-refractivity contribution in [2.24, 2.45) is 0 Å². The first-order chi connectivity index (χ1) is 12.2. The van der Waals surface area contributed by atoms with Gasteiger partial charge < -0.3 is 29.7 Å². The van der Waals surface area contributed by atoms with Crippen molar-refractivity contribution < 1.29 is 29.0 Å². The molecule has 1 aliphatic rings. The smallest absolute Gasteiger partial charge is 0.409 e. The van der Waals surface area contributed by atoms with Gasteiger partial charge in [0.25, 0.3) is 0 Å². The third kappa shape index (κ3) is 7.47. The van der Waals surface area contributed by atoms with Crippen molar-refractivity contribution in [2.75, 3.05) is 39.4 Å². The summed E-state index contributed by atoms with van der Waals surface area (Å²) >= 11 is 0. The van der Waals surface area contributed by atoms with Crippen LogP contribution in [0.1, 0.15) is 40.5 Å². The Bertz CT molecular complexity index is 483. The number of rotatable bonds is 6. The zero-order valence-electron chi connectivity index (χ0n) is 16.1. The van der Waals surface area contributed by atoms with Crippen LogP contribution in [-0.4, -0.2) is 84.0 Å². The molecule has 0 bridgehead atoms. The fraction of sp³-hybridized carbons (Fsp3) is 0.824. The molecular weight excluding hydrogens is 342 g/mol. The highest BCUT2D eigenvalue weighted by atomic mass is 16.6. The Balaban J connectivity index is 2.47. The molecule has 1 saturated heterocycles. The van der Waals surface area contributed by atoms with Gasteiger partial charge in [-0.2, -0.15) is 0 Å². The Hall–Kier alpha value is -2.03. The van der Waals surface area contributed by atoms with E-state index in [2.05, 4.69) is 5.32 Å². The number of hydrogen-bond donors (Lipinski definition) is 2. The number of hydrogen-bond acceptors (Lipinski definition) is 6. The summed E-state index contributed by atoms with van der Waals surface area (Å²) in [5, 5.41) is 11.8. The molecule has 0 spiro atoms. The quantitative estimate of drug-likeness (QED) is 0.671. The number of aliphatic hydroxyl groups is 1. The third-order valence-corrected chi connectivity index (χ3v) is 3.74. The number of carbonyl (C=O) groups is 3. The molecule has 2 N–H and O–H groups in total. The SMILES string of the molecule is CCCCOC(=O)N1CCN(C(=O)C(CO)NC(=O)OC(C)(C)C)CC1. The molecule has 1 unspecified atom stereocenters. The molecule has 0 aromatic rings. The summed E-state index contributed by atoms with van der Waals surface area (Å²) in [6.07, 6.45) is 0.626. The van der Waals surface area contributed by atoms with Crippen molar-refractivity contribution in [3.8, 4) is 0 Å². The first-order valence-electron chi connectivity index (χ1n) is 8.98. The highest BCUT2D eigenvalue weighted by Gasteiger charge is 2.31. The summed E-state index contributed by atoms with van der Waals surface area (Å²) in [5.41, 5.74) is -0.698. The Morgan fingerprint density at radius 2 is 1.69 bits per heavy atom. The molecule has 3 amide bonds. The molecule has 1 heterocycles. The molecule has 0 aliphatic carbocycles. The zero-order chi connectivity index (χ0) is 19.7. The van der Waals surface area contributed by atoms with Crippen LogP contribution in [0.2, 0.25) is 0 Å². The topological polar surface area (TPSA) is 108 Å². The molecule has 26 heavy (non-hydrogen) atoms. The minimum atomic E-state index is -1.08. The van der Waals surface area contributed by atoms with Gasteiger partial charge in [-0.25, -0.2) is 9.59 Å². The Morgan fingerprint density at radius 1 is 1.12 bits per heavy atom. The molecule has 1 atom stereocenters. The van der Waals surface area contributed by atoms with E-state index in [0.29, 0.717) is 32.8 Å². The van der Waals surface area contributed by atoms with Gasteiger partial charge in [0.1, 0.15) is 11.6 Å². The van der Waals surface area contributed by atoms with Crippen molar-refractivity contribution in [1.82, 2.24) is 15.1 Å². The van der Waals surface area contributed by atoms with Crippen molar-refractivity contribution in [3.05, 3.63) is 0 Å². The summed E-state index contributed by atoms with van der Waals surface area (Å²) in [7, 11) is 0. The van der Waals surface area contributed by atoms with Gasteiger partial charge in [0, 0.05) is 26.2 Å². The van der Waals surface area contributed by atoms with E-state index >= 15 is 0 Å². The van der Waals surface area contributed by atoms with E-state index in [-0.39, 0.29) is 6.09 Å². The predicted octanol–water partition coefficient (Wildman–Crippen LogP) is 0.953.